The van der Waals surface area contributed by atoms with Crippen LogP contribution in [0.5, 0.6) is 0 Å². The maximum absolute atomic E-state index is 11.5. The second kappa shape index (κ2) is 6.41. The van der Waals surface area contributed by atoms with Crippen LogP contribution in [0.1, 0.15) is 28.5 Å². The zero-order chi connectivity index (χ0) is 15.4. The van der Waals surface area contributed by atoms with Crippen molar-refractivity contribution in [3.8, 4) is 0 Å². The van der Waals surface area contributed by atoms with Crippen LogP contribution in [0.3, 0.4) is 0 Å². The number of hydrogen-bond acceptors (Lipinski definition) is 3. The third-order valence-corrected chi connectivity index (χ3v) is 3.33. The van der Waals surface area contributed by atoms with Gasteiger partial charge in [0.25, 0.3) is 0 Å². The summed E-state index contributed by atoms with van der Waals surface area (Å²) in [6, 6.07) is 5.77. The molecule has 1 aromatic carbocycles. The number of aromatic nitrogens is 1. The maximum atomic E-state index is 11.5. The standard InChI is InChI=1S/C15H18N2O4/c1-3-9-4-5-12-10(6-9)11(14(17-12)15(19)20)7-16-13(18)8-21-2/h4-6,17H,3,7-8H2,1-2H3,(H,16,18)(H,19,20). The molecule has 6 nitrogen and oxygen atoms in total. The van der Waals surface area contributed by atoms with Crippen molar-refractivity contribution < 1.29 is 19.4 Å². The van der Waals surface area contributed by atoms with Gasteiger partial charge in [-0.25, -0.2) is 4.79 Å². The topological polar surface area (TPSA) is 91.4 Å². The van der Waals surface area contributed by atoms with Crippen LogP contribution in [-0.4, -0.2) is 35.7 Å². The maximum Gasteiger partial charge on any atom is 0.352 e. The van der Waals surface area contributed by atoms with Crippen molar-refractivity contribution >= 4 is 22.8 Å². The van der Waals surface area contributed by atoms with Crippen LogP contribution in [0.2, 0.25) is 0 Å². The van der Waals surface area contributed by atoms with Crippen molar-refractivity contribution in [2.75, 3.05) is 13.7 Å². The van der Waals surface area contributed by atoms with Gasteiger partial charge in [-0.1, -0.05) is 13.0 Å². The SMILES string of the molecule is CCc1ccc2[nH]c(C(=O)O)c(CNC(=O)COC)c2c1. The van der Waals surface area contributed by atoms with Crippen LogP contribution in [-0.2, 0) is 22.5 Å². The zero-order valence-electron chi connectivity index (χ0n) is 12.0. The van der Waals surface area contributed by atoms with Gasteiger partial charge in [0, 0.05) is 30.1 Å². The fraction of sp³-hybridized carbons (Fsp3) is 0.333. The first-order chi connectivity index (χ1) is 10.1. The lowest BCUT2D eigenvalue weighted by atomic mass is 10.1. The second-order valence-corrected chi connectivity index (χ2v) is 4.73. The fourth-order valence-corrected chi connectivity index (χ4v) is 2.25. The number of H-pyrrole nitrogens is 1. The van der Waals surface area contributed by atoms with E-state index in [4.69, 9.17) is 4.74 Å². The lowest BCUT2D eigenvalue weighted by Crippen LogP contribution is -2.27. The molecule has 0 bridgehead atoms. The number of hydrogen-bond donors (Lipinski definition) is 3. The molecule has 0 spiro atoms. The summed E-state index contributed by atoms with van der Waals surface area (Å²) >= 11 is 0. The average Bonchev–Trinajstić information content (AvgIpc) is 2.83. The molecule has 1 heterocycles. The molecule has 0 aliphatic rings. The molecule has 0 fully saturated rings. The van der Waals surface area contributed by atoms with E-state index < -0.39 is 5.97 Å². The first kappa shape index (κ1) is 15.1. The molecule has 3 N–H and O–H groups in total. The first-order valence-corrected chi connectivity index (χ1v) is 6.69. The highest BCUT2D eigenvalue weighted by molar-refractivity contribution is 5.97. The number of carbonyl (C=O) groups is 2. The van der Waals surface area contributed by atoms with Gasteiger partial charge in [-0.15, -0.1) is 0 Å². The van der Waals surface area contributed by atoms with Gasteiger partial charge in [0.05, 0.1) is 0 Å². The van der Waals surface area contributed by atoms with Gasteiger partial charge in [0.1, 0.15) is 12.3 Å². The summed E-state index contributed by atoms with van der Waals surface area (Å²) in [4.78, 5) is 25.7. The van der Waals surface area contributed by atoms with E-state index in [0.29, 0.717) is 5.56 Å². The summed E-state index contributed by atoms with van der Waals surface area (Å²) < 4.78 is 4.74. The molecule has 2 rings (SSSR count). The number of carboxylic acid groups (broad SMARTS) is 1. The average molecular weight is 290 g/mol. The summed E-state index contributed by atoms with van der Waals surface area (Å²) in [5.74, 6) is -1.32. The van der Waals surface area contributed by atoms with Crippen LogP contribution >= 0.6 is 0 Å². The van der Waals surface area contributed by atoms with Crippen molar-refractivity contribution in [2.45, 2.75) is 19.9 Å². The Morgan fingerprint density at radius 1 is 1.38 bits per heavy atom. The molecule has 6 heteroatoms. The third-order valence-electron chi connectivity index (χ3n) is 3.33. The predicted octanol–water partition coefficient (Wildman–Crippen LogP) is 1.69. The van der Waals surface area contributed by atoms with E-state index >= 15 is 0 Å². The van der Waals surface area contributed by atoms with Crippen LogP contribution in [0, 0.1) is 0 Å². The smallest absolute Gasteiger partial charge is 0.352 e. The minimum atomic E-state index is -1.04. The Labute approximate surface area is 122 Å². The number of benzene rings is 1. The number of aromatic amines is 1. The number of methoxy groups -OCH3 is 1. The van der Waals surface area contributed by atoms with E-state index in [-0.39, 0.29) is 24.8 Å². The summed E-state index contributed by atoms with van der Waals surface area (Å²) in [7, 11) is 1.43. The highest BCUT2D eigenvalue weighted by Crippen LogP contribution is 2.24. The molecule has 0 unspecified atom stereocenters. The van der Waals surface area contributed by atoms with E-state index in [1.54, 1.807) is 0 Å². The number of carbonyl (C=O) groups excluding carboxylic acids is 1. The van der Waals surface area contributed by atoms with Gasteiger partial charge >= 0.3 is 5.97 Å². The van der Waals surface area contributed by atoms with Gasteiger partial charge in [0.2, 0.25) is 5.91 Å². The Hall–Kier alpha value is -2.34. The summed E-state index contributed by atoms with van der Waals surface area (Å²) in [6.07, 6.45) is 0.860. The molecular weight excluding hydrogens is 272 g/mol. The summed E-state index contributed by atoms with van der Waals surface area (Å²) in [5.41, 5.74) is 2.55. The number of nitrogens with one attached hydrogen (secondary N) is 2. The Balaban J connectivity index is 2.39. The molecule has 0 aliphatic carbocycles. The largest absolute Gasteiger partial charge is 0.477 e. The Morgan fingerprint density at radius 2 is 2.14 bits per heavy atom. The van der Waals surface area contributed by atoms with E-state index in [2.05, 4.69) is 10.3 Å². The monoisotopic (exact) mass is 290 g/mol. The Morgan fingerprint density at radius 3 is 2.76 bits per heavy atom. The van der Waals surface area contributed by atoms with Gasteiger partial charge in [0.15, 0.2) is 0 Å². The molecule has 1 amide bonds. The van der Waals surface area contributed by atoms with Gasteiger partial charge in [-0.05, 0) is 24.1 Å². The molecule has 112 valence electrons. The highest BCUT2D eigenvalue weighted by atomic mass is 16.5. The molecule has 2 aromatic rings. The molecule has 1 aromatic heterocycles. The van der Waals surface area contributed by atoms with Crippen molar-refractivity contribution in [1.29, 1.82) is 0 Å². The van der Waals surface area contributed by atoms with Gasteiger partial charge in [-0.3, -0.25) is 4.79 Å². The molecule has 0 saturated heterocycles. The number of fused-ring (bicyclic) bond motifs is 1. The lowest BCUT2D eigenvalue weighted by molar-refractivity contribution is -0.124. The quantitative estimate of drug-likeness (QED) is 0.755. The number of rotatable bonds is 6. The fourth-order valence-electron chi connectivity index (χ4n) is 2.25. The number of amides is 1. The van der Waals surface area contributed by atoms with E-state index in [0.717, 1.165) is 22.9 Å². The van der Waals surface area contributed by atoms with Crippen LogP contribution in [0.4, 0.5) is 0 Å². The first-order valence-electron chi connectivity index (χ1n) is 6.69. The molecule has 0 radical (unpaired) electrons. The van der Waals surface area contributed by atoms with E-state index in [1.807, 2.05) is 25.1 Å². The Bertz CT molecular complexity index is 676. The minimum Gasteiger partial charge on any atom is -0.477 e. The number of ether oxygens (including phenoxy) is 1. The van der Waals surface area contributed by atoms with Crippen LogP contribution in [0.25, 0.3) is 10.9 Å². The van der Waals surface area contributed by atoms with Crippen LogP contribution < -0.4 is 5.32 Å². The van der Waals surface area contributed by atoms with E-state index in [9.17, 15) is 14.7 Å². The zero-order valence-corrected chi connectivity index (χ0v) is 12.0. The summed E-state index contributed by atoms with van der Waals surface area (Å²) in [5, 5.41) is 12.8. The molecule has 0 saturated carbocycles. The van der Waals surface area contributed by atoms with Crippen LogP contribution in [0.15, 0.2) is 18.2 Å². The normalized spacial score (nSPS) is 10.8. The molecular formula is C15H18N2O4. The molecule has 0 aliphatic heterocycles. The summed E-state index contributed by atoms with van der Waals surface area (Å²) in [6.45, 7) is 2.13. The van der Waals surface area contributed by atoms with Gasteiger partial charge < -0.3 is 20.1 Å². The third kappa shape index (κ3) is 3.22. The predicted molar refractivity (Wildman–Crippen MR) is 78.4 cm³/mol. The highest BCUT2D eigenvalue weighted by Gasteiger charge is 2.17. The number of carboxylic acids is 1. The van der Waals surface area contributed by atoms with Crippen molar-refractivity contribution in [3.63, 3.8) is 0 Å². The Kier molecular flexibility index (Phi) is 4.59. The number of aryl methyl sites for hydroxylation is 1. The second-order valence-electron chi connectivity index (χ2n) is 4.73. The van der Waals surface area contributed by atoms with Gasteiger partial charge in [-0.2, -0.15) is 0 Å². The molecule has 21 heavy (non-hydrogen) atoms. The van der Waals surface area contributed by atoms with Crippen molar-refractivity contribution in [2.24, 2.45) is 0 Å². The van der Waals surface area contributed by atoms with Crippen molar-refractivity contribution in [3.05, 3.63) is 35.0 Å². The lowest BCUT2D eigenvalue weighted by Gasteiger charge is -2.05. The minimum absolute atomic E-state index is 0.0506. The van der Waals surface area contributed by atoms with Crippen molar-refractivity contribution in [1.82, 2.24) is 10.3 Å². The van der Waals surface area contributed by atoms with E-state index in [1.165, 1.54) is 7.11 Å². The number of aromatic carboxylic acids is 1. The molecule has 0 atom stereocenters.